The van der Waals surface area contributed by atoms with E-state index in [1.54, 1.807) is 0 Å². The lowest BCUT2D eigenvalue weighted by atomic mass is 9.92. The smallest absolute Gasteiger partial charge is 0.0512 e. The Kier molecular flexibility index (Phi) is 5.22. The molecule has 102 valence electrons. The zero-order chi connectivity index (χ0) is 13.0. The van der Waals surface area contributed by atoms with Crippen LogP contribution < -0.4 is 5.32 Å². The average molecular weight is 267 g/mol. The maximum atomic E-state index is 5.67. The van der Waals surface area contributed by atoms with E-state index in [2.05, 4.69) is 32.2 Å². The van der Waals surface area contributed by atoms with Crippen molar-refractivity contribution >= 4 is 11.3 Å². The third kappa shape index (κ3) is 3.34. The van der Waals surface area contributed by atoms with Gasteiger partial charge in [-0.05, 0) is 51.3 Å². The molecule has 1 N–H and O–H groups in total. The van der Waals surface area contributed by atoms with E-state index in [1.807, 2.05) is 11.3 Å². The molecule has 0 spiro atoms. The van der Waals surface area contributed by atoms with Gasteiger partial charge in [0.15, 0.2) is 0 Å². The molecule has 3 heteroatoms. The van der Waals surface area contributed by atoms with Gasteiger partial charge < -0.3 is 10.1 Å². The maximum Gasteiger partial charge on any atom is 0.0512 e. The molecule has 0 radical (unpaired) electrons. The monoisotopic (exact) mass is 267 g/mol. The number of hydrogen-bond acceptors (Lipinski definition) is 3. The summed E-state index contributed by atoms with van der Waals surface area (Å²) >= 11 is 1.95. The van der Waals surface area contributed by atoms with Crippen LogP contribution >= 0.6 is 11.3 Å². The van der Waals surface area contributed by atoms with Gasteiger partial charge in [-0.1, -0.05) is 6.92 Å². The minimum Gasteiger partial charge on any atom is -0.381 e. The largest absolute Gasteiger partial charge is 0.381 e. The molecule has 2 rings (SSSR count). The first-order valence-corrected chi connectivity index (χ1v) is 7.92. The third-order valence-electron chi connectivity index (χ3n) is 3.77. The summed E-state index contributed by atoms with van der Waals surface area (Å²) in [6, 6.07) is 2.85. The van der Waals surface area contributed by atoms with E-state index in [4.69, 9.17) is 4.74 Å². The molecule has 0 aromatic carbocycles. The Bertz CT molecular complexity index is 349. The minimum absolute atomic E-state index is 0.489. The molecule has 18 heavy (non-hydrogen) atoms. The van der Waals surface area contributed by atoms with Crippen LogP contribution in [0.4, 0.5) is 0 Å². The maximum absolute atomic E-state index is 5.67. The lowest BCUT2D eigenvalue weighted by Gasteiger charge is -2.30. The van der Waals surface area contributed by atoms with E-state index in [-0.39, 0.29) is 0 Å². The Hall–Kier alpha value is -0.380. The Labute approximate surface area is 115 Å². The summed E-state index contributed by atoms with van der Waals surface area (Å²) in [6.07, 6.45) is 3.68. The fourth-order valence-corrected chi connectivity index (χ4v) is 3.79. The molecule has 0 aliphatic carbocycles. The van der Waals surface area contributed by atoms with Crippen LogP contribution in [0, 0.1) is 19.8 Å². The summed E-state index contributed by atoms with van der Waals surface area (Å²) in [5, 5.41) is 3.73. The number of nitrogens with one attached hydrogen (secondary N) is 1. The molecular formula is C15H25NOS. The summed E-state index contributed by atoms with van der Waals surface area (Å²) < 4.78 is 5.67. The van der Waals surface area contributed by atoms with Crippen LogP contribution in [0.25, 0.3) is 0 Å². The van der Waals surface area contributed by atoms with Gasteiger partial charge in [0, 0.05) is 28.3 Å². The molecule has 1 fully saturated rings. The first kappa shape index (κ1) is 14.0. The highest BCUT2D eigenvalue weighted by Crippen LogP contribution is 2.34. The Morgan fingerprint density at radius 3 is 2.89 bits per heavy atom. The molecule has 2 atom stereocenters. The van der Waals surface area contributed by atoms with Crippen molar-refractivity contribution in [1.29, 1.82) is 0 Å². The van der Waals surface area contributed by atoms with Gasteiger partial charge in [-0.3, -0.25) is 0 Å². The molecule has 1 aromatic rings. The molecule has 1 saturated heterocycles. The number of thiophene rings is 1. The number of hydrogen-bond donors (Lipinski definition) is 1. The zero-order valence-electron chi connectivity index (χ0n) is 11.8. The van der Waals surface area contributed by atoms with Crippen LogP contribution in [-0.4, -0.2) is 19.8 Å². The van der Waals surface area contributed by atoms with E-state index in [0.717, 1.165) is 19.8 Å². The Morgan fingerprint density at radius 1 is 1.50 bits per heavy atom. The SMILES string of the molecule is CCCNC(c1cc(C)c(C)s1)C1CCCOC1. The second-order valence-corrected chi connectivity index (χ2v) is 6.58. The normalized spacial score (nSPS) is 22.1. The van der Waals surface area contributed by atoms with Crippen LogP contribution in [0.2, 0.25) is 0 Å². The van der Waals surface area contributed by atoms with Gasteiger partial charge in [0.2, 0.25) is 0 Å². The summed E-state index contributed by atoms with van der Waals surface area (Å²) in [5.41, 5.74) is 1.43. The highest BCUT2D eigenvalue weighted by Gasteiger charge is 2.26. The molecule has 2 heterocycles. The lowest BCUT2D eigenvalue weighted by Crippen LogP contribution is -2.33. The topological polar surface area (TPSA) is 21.3 Å². The second-order valence-electron chi connectivity index (χ2n) is 5.30. The molecule has 0 amide bonds. The predicted molar refractivity (Wildman–Crippen MR) is 78.4 cm³/mol. The van der Waals surface area contributed by atoms with Gasteiger partial charge in [-0.25, -0.2) is 0 Å². The van der Waals surface area contributed by atoms with Crippen molar-refractivity contribution in [3.05, 3.63) is 21.4 Å². The van der Waals surface area contributed by atoms with Crippen LogP contribution in [0.5, 0.6) is 0 Å². The van der Waals surface area contributed by atoms with Crippen molar-refractivity contribution in [3.8, 4) is 0 Å². The highest BCUT2D eigenvalue weighted by molar-refractivity contribution is 7.12. The highest BCUT2D eigenvalue weighted by atomic mass is 32.1. The average Bonchev–Trinajstić information content (AvgIpc) is 2.71. The van der Waals surface area contributed by atoms with Gasteiger partial charge >= 0.3 is 0 Å². The van der Waals surface area contributed by atoms with E-state index in [9.17, 15) is 0 Å². The Morgan fingerprint density at radius 2 is 2.33 bits per heavy atom. The standard InChI is InChI=1S/C15H25NOS/c1-4-7-16-15(13-6-5-8-17-10-13)14-9-11(2)12(3)18-14/h9,13,15-16H,4-8,10H2,1-3H3. The number of rotatable bonds is 5. The van der Waals surface area contributed by atoms with Gasteiger partial charge in [-0.2, -0.15) is 0 Å². The molecule has 1 aromatic heterocycles. The first-order chi connectivity index (χ1) is 8.72. The van der Waals surface area contributed by atoms with Gasteiger partial charge in [0.05, 0.1) is 6.61 Å². The van der Waals surface area contributed by atoms with Crippen LogP contribution in [0.3, 0.4) is 0 Å². The van der Waals surface area contributed by atoms with Crippen molar-refractivity contribution in [3.63, 3.8) is 0 Å². The van der Waals surface area contributed by atoms with E-state index < -0.39 is 0 Å². The van der Waals surface area contributed by atoms with Crippen molar-refractivity contribution in [2.75, 3.05) is 19.8 Å². The van der Waals surface area contributed by atoms with Crippen LogP contribution in [0.15, 0.2) is 6.07 Å². The molecule has 2 nitrogen and oxygen atoms in total. The number of aryl methyl sites for hydroxylation is 2. The Balaban J connectivity index is 2.12. The minimum atomic E-state index is 0.489. The zero-order valence-corrected chi connectivity index (χ0v) is 12.6. The van der Waals surface area contributed by atoms with Crippen molar-refractivity contribution in [1.82, 2.24) is 5.32 Å². The lowest BCUT2D eigenvalue weighted by molar-refractivity contribution is 0.0395. The first-order valence-electron chi connectivity index (χ1n) is 7.10. The summed E-state index contributed by atoms with van der Waals surface area (Å²) in [7, 11) is 0. The van der Waals surface area contributed by atoms with Crippen molar-refractivity contribution < 1.29 is 4.74 Å². The molecule has 2 unspecified atom stereocenters. The van der Waals surface area contributed by atoms with Crippen molar-refractivity contribution in [2.45, 2.75) is 46.1 Å². The summed E-state index contributed by atoms with van der Waals surface area (Å²) in [5.74, 6) is 0.641. The number of ether oxygens (including phenoxy) is 1. The van der Waals surface area contributed by atoms with Gasteiger partial charge in [-0.15, -0.1) is 11.3 Å². The second kappa shape index (κ2) is 6.69. The fraction of sp³-hybridized carbons (Fsp3) is 0.733. The summed E-state index contributed by atoms with van der Waals surface area (Å²) in [4.78, 5) is 2.94. The van der Waals surface area contributed by atoms with Gasteiger partial charge in [0.25, 0.3) is 0 Å². The molecule has 0 saturated carbocycles. The van der Waals surface area contributed by atoms with Gasteiger partial charge in [0.1, 0.15) is 0 Å². The molecule has 0 bridgehead atoms. The summed E-state index contributed by atoms with van der Waals surface area (Å²) in [6.45, 7) is 9.61. The van der Waals surface area contributed by atoms with Crippen LogP contribution in [0.1, 0.15) is 47.5 Å². The molecule has 1 aliphatic rings. The van der Waals surface area contributed by atoms with Crippen LogP contribution in [-0.2, 0) is 4.74 Å². The molecule has 1 aliphatic heterocycles. The van der Waals surface area contributed by atoms with Crippen molar-refractivity contribution in [2.24, 2.45) is 5.92 Å². The predicted octanol–water partition coefficient (Wildman–Crippen LogP) is 3.83. The third-order valence-corrected chi connectivity index (χ3v) is 5.01. The van der Waals surface area contributed by atoms with E-state index >= 15 is 0 Å². The quantitative estimate of drug-likeness (QED) is 0.875. The molecular weight excluding hydrogens is 242 g/mol. The van der Waals surface area contributed by atoms with E-state index in [0.29, 0.717) is 12.0 Å². The van der Waals surface area contributed by atoms with E-state index in [1.165, 1.54) is 34.6 Å². The fourth-order valence-electron chi connectivity index (χ4n) is 2.58.